The van der Waals surface area contributed by atoms with Crippen LogP contribution in [0.4, 0.5) is 11.5 Å². The summed E-state index contributed by atoms with van der Waals surface area (Å²) in [7, 11) is 0. The Hall–Kier alpha value is -1.59. The van der Waals surface area contributed by atoms with Gasteiger partial charge in [0.15, 0.2) is 0 Å². The van der Waals surface area contributed by atoms with Crippen molar-refractivity contribution in [1.29, 1.82) is 0 Å². The second-order valence-corrected chi connectivity index (χ2v) is 5.73. The second kappa shape index (κ2) is 5.19. The highest BCUT2D eigenvalue weighted by Gasteiger charge is 2.31. The van der Waals surface area contributed by atoms with Crippen LogP contribution in [0.2, 0.25) is 0 Å². The minimum atomic E-state index is -0.339. The quantitative estimate of drug-likeness (QED) is 0.656. The smallest absolute Gasteiger partial charge is 0.333 e. The number of nitro groups is 1. The Kier molecular flexibility index (Phi) is 3.78. The van der Waals surface area contributed by atoms with Crippen molar-refractivity contribution in [3.8, 4) is 0 Å². The molecule has 0 aliphatic heterocycles. The van der Waals surface area contributed by atoms with Gasteiger partial charge >= 0.3 is 5.69 Å². The fraction of sp³-hybridized carbons (Fsp3) is 0.769. The predicted octanol–water partition coefficient (Wildman–Crippen LogP) is 3.11. The first-order chi connectivity index (χ1) is 8.97. The highest BCUT2D eigenvalue weighted by atomic mass is 16.6. The highest BCUT2D eigenvalue weighted by Crippen LogP contribution is 2.38. The minimum absolute atomic E-state index is 0.114. The number of hydrogen-bond donors (Lipinski definition) is 1. The first-order valence-electron chi connectivity index (χ1n) is 6.92. The standard InChI is InChI=1S/C13H22N4O2/c1-4-16-12(11(17(18)19)10(2)15-16)14-9-13(3)7-5-6-8-13/h14H,4-9H2,1-3H3. The summed E-state index contributed by atoms with van der Waals surface area (Å²) >= 11 is 0. The Morgan fingerprint density at radius 1 is 1.47 bits per heavy atom. The number of aromatic nitrogens is 2. The van der Waals surface area contributed by atoms with E-state index in [0.29, 0.717) is 18.1 Å². The molecule has 0 atom stereocenters. The van der Waals surface area contributed by atoms with Crippen LogP contribution in [-0.2, 0) is 6.54 Å². The molecule has 0 saturated heterocycles. The van der Waals surface area contributed by atoms with Gasteiger partial charge in [0, 0.05) is 13.1 Å². The van der Waals surface area contributed by atoms with E-state index in [4.69, 9.17) is 0 Å². The Bertz CT molecular complexity index is 475. The van der Waals surface area contributed by atoms with E-state index in [-0.39, 0.29) is 16.0 Å². The van der Waals surface area contributed by atoms with E-state index in [1.807, 2.05) is 6.92 Å². The van der Waals surface area contributed by atoms with Gasteiger partial charge in [-0.1, -0.05) is 19.8 Å². The Labute approximate surface area is 113 Å². The van der Waals surface area contributed by atoms with Gasteiger partial charge in [-0.25, -0.2) is 4.68 Å². The molecular weight excluding hydrogens is 244 g/mol. The Morgan fingerprint density at radius 2 is 2.11 bits per heavy atom. The molecule has 0 bridgehead atoms. The van der Waals surface area contributed by atoms with E-state index in [9.17, 15) is 10.1 Å². The maximum Gasteiger partial charge on any atom is 0.333 e. The van der Waals surface area contributed by atoms with Crippen LogP contribution in [0.3, 0.4) is 0 Å². The number of aryl methyl sites for hydroxylation is 2. The van der Waals surface area contributed by atoms with E-state index in [0.717, 1.165) is 6.54 Å². The van der Waals surface area contributed by atoms with Crippen LogP contribution in [-0.4, -0.2) is 21.2 Å². The maximum atomic E-state index is 11.2. The Morgan fingerprint density at radius 3 is 2.63 bits per heavy atom. The summed E-state index contributed by atoms with van der Waals surface area (Å²) in [6.07, 6.45) is 4.89. The summed E-state index contributed by atoms with van der Waals surface area (Å²) in [5.74, 6) is 0.554. The largest absolute Gasteiger partial charge is 0.364 e. The molecule has 1 saturated carbocycles. The molecule has 0 spiro atoms. The molecule has 0 aromatic carbocycles. The summed E-state index contributed by atoms with van der Waals surface area (Å²) in [5, 5.41) is 18.7. The van der Waals surface area contributed by atoms with E-state index in [1.54, 1.807) is 11.6 Å². The zero-order chi connectivity index (χ0) is 14.0. The van der Waals surface area contributed by atoms with Crippen molar-refractivity contribution in [1.82, 2.24) is 9.78 Å². The molecule has 1 aliphatic rings. The lowest BCUT2D eigenvalue weighted by Gasteiger charge is -2.24. The molecule has 1 N–H and O–H groups in total. The molecule has 1 aromatic rings. The maximum absolute atomic E-state index is 11.2. The third-order valence-corrected chi connectivity index (χ3v) is 4.07. The van der Waals surface area contributed by atoms with Gasteiger partial charge in [0.05, 0.1) is 4.92 Å². The Balaban J connectivity index is 2.20. The minimum Gasteiger partial charge on any atom is -0.364 e. The average Bonchev–Trinajstić information content (AvgIpc) is 2.91. The molecule has 1 aliphatic carbocycles. The molecule has 6 heteroatoms. The lowest BCUT2D eigenvalue weighted by atomic mass is 9.89. The molecule has 1 heterocycles. The molecule has 0 unspecified atom stereocenters. The zero-order valence-corrected chi connectivity index (χ0v) is 11.9. The number of hydrogen-bond acceptors (Lipinski definition) is 4. The van der Waals surface area contributed by atoms with Gasteiger partial charge in [0.2, 0.25) is 5.82 Å². The van der Waals surface area contributed by atoms with Crippen LogP contribution in [0.25, 0.3) is 0 Å². The lowest BCUT2D eigenvalue weighted by molar-refractivity contribution is -0.384. The molecule has 1 fully saturated rings. The van der Waals surface area contributed by atoms with Gasteiger partial charge in [-0.3, -0.25) is 10.1 Å². The third kappa shape index (κ3) is 2.72. The fourth-order valence-electron chi connectivity index (χ4n) is 2.90. The van der Waals surface area contributed by atoms with Gasteiger partial charge in [0.1, 0.15) is 5.69 Å². The number of rotatable bonds is 5. The third-order valence-electron chi connectivity index (χ3n) is 4.07. The summed E-state index contributed by atoms with van der Waals surface area (Å²) in [6.45, 7) is 7.29. The monoisotopic (exact) mass is 266 g/mol. The number of nitrogens with zero attached hydrogens (tertiary/aromatic N) is 3. The van der Waals surface area contributed by atoms with Gasteiger partial charge in [-0.05, 0) is 32.1 Å². The summed E-state index contributed by atoms with van der Waals surface area (Å²) < 4.78 is 1.69. The highest BCUT2D eigenvalue weighted by molar-refractivity contribution is 5.59. The lowest BCUT2D eigenvalue weighted by Crippen LogP contribution is -2.24. The van der Waals surface area contributed by atoms with Crippen molar-refractivity contribution in [2.75, 3.05) is 11.9 Å². The fourth-order valence-corrected chi connectivity index (χ4v) is 2.90. The van der Waals surface area contributed by atoms with Crippen molar-refractivity contribution in [2.45, 2.75) is 53.0 Å². The van der Waals surface area contributed by atoms with Crippen molar-refractivity contribution >= 4 is 11.5 Å². The molecule has 0 radical (unpaired) electrons. The van der Waals surface area contributed by atoms with Crippen LogP contribution in [0, 0.1) is 22.5 Å². The van der Waals surface area contributed by atoms with E-state index >= 15 is 0 Å². The number of anilines is 1. The molecule has 6 nitrogen and oxygen atoms in total. The second-order valence-electron chi connectivity index (χ2n) is 5.73. The molecule has 106 valence electrons. The normalized spacial score (nSPS) is 17.6. The van der Waals surface area contributed by atoms with E-state index < -0.39 is 0 Å². The van der Waals surface area contributed by atoms with Crippen LogP contribution < -0.4 is 5.32 Å². The summed E-state index contributed by atoms with van der Waals surface area (Å²) in [6, 6.07) is 0. The SMILES string of the molecule is CCn1nc(C)c([N+](=O)[O-])c1NCC1(C)CCCC1. The number of nitrogens with one attached hydrogen (secondary N) is 1. The van der Waals surface area contributed by atoms with Gasteiger partial charge in [0.25, 0.3) is 0 Å². The zero-order valence-electron chi connectivity index (χ0n) is 11.9. The van der Waals surface area contributed by atoms with Gasteiger partial charge in [-0.15, -0.1) is 0 Å². The van der Waals surface area contributed by atoms with Crippen LogP contribution in [0.5, 0.6) is 0 Å². The first-order valence-corrected chi connectivity index (χ1v) is 6.92. The van der Waals surface area contributed by atoms with Gasteiger partial charge in [-0.2, -0.15) is 5.10 Å². The van der Waals surface area contributed by atoms with E-state index in [2.05, 4.69) is 17.3 Å². The average molecular weight is 266 g/mol. The van der Waals surface area contributed by atoms with Crippen LogP contribution in [0.15, 0.2) is 0 Å². The van der Waals surface area contributed by atoms with Crippen molar-refractivity contribution in [3.63, 3.8) is 0 Å². The van der Waals surface area contributed by atoms with Crippen LogP contribution in [0.1, 0.15) is 45.2 Å². The molecule has 0 amide bonds. The molecule has 2 rings (SSSR count). The topological polar surface area (TPSA) is 73.0 Å². The summed E-state index contributed by atoms with van der Waals surface area (Å²) in [5.41, 5.74) is 0.847. The van der Waals surface area contributed by atoms with Gasteiger partial charge < -0.3 is 5.32 Å². The van der Waals surface area contributed by atoms with Crippen molar-refractivity contribution in [2.24, 2.45) is 5.41 Å². The first kappa shape index (κ1) is 13.8. The molecular formula is C13H22N4O2. The van der Waals surface area contributed by atoms with Crippen molar-refractivity contribution < 1.29 is 4.92 Å². The van der Waals surface area contributed by atoms with Crippen molar-refractivity contribution in [3.05, 3.63) is 15.8 Å². The molecule has 19 heavy (non-hydrogen) atoms. The molecule has 1 aromatic heterocycles. The van der Waals surface area contributed by atoms with Crippen LogP contribution >= 0.6 is 0 Å². The summed E-state index contributed by atoms with van der Waals surface area (Å²) in [4.78, 5) is 10.8. The predicted molar refractivity (Wildman–Crippen MR) is 74.4 cm³/mol. The van der Waals surface area contributed by atoms with E-state index in [1.165, 1.54) is 25.7 Å².